The van der Waals surface area contributed by atoms with Crippen LogP contribution in [0.2, 0.25) is 0 Å². The van der Waals surface area contributed by atoms with Crippen molar-refractivity contribution in [3.8, 4) is 0 Å². The van der Waals surface area contributed by atoms with Crippen molar-refractivity contribution in [1.82, 2.24) is 10.6 Å². The number of amides is 1. The van der Waals surface area contributed by atoms with E-state index in [1.165, 1.54) is 0 Å². The predicted octanol–water partition coefficient (Wildman–Crippen LogP) is 2.60. The van der Waals surface area contributed by atoms with Crippen LogP contribution in [0.1, 0.15) is 12.0 Å². The van der Waals surface area contributed by atoms with Gasteiger partial charge in [-0.1, -0.05) is 66.7 Å². The first kappa shape index (κ1) is 15.3. The molecule has 1 heterocycles. The molecule has 1 aliphatic rings. The smallest absolute Gasteiger partial charge is 0.224 e. The summed E-state index contributed by atoms with van der Waals surface area (Å²) in [5.74, 6) is 0.331. The van der Waals surface area contributed by atoms with E-state index < -0.39 is 0 Å². The summed E-state index contributed by atoms with van der Waals surface area (Å²) in [6, 6.07) is 22.0. The summed E-state index contributed by atoms with van der Waals surface area (Å²) in [7, 11) is 0. The van der Waals surface area contributed by atoms with Crippen LogP contribution in [0.3, 0.4) is 0 Å². The lowest BCUT2D eigenvalue weighted by Gasteiger charge is -2.09. The minimum Gasteiger partial charge on any atom is -0.352 e. The Balaban J connectivity index is 0.000000225. The minimum atomic E-state index is 0.161. The molecule has 0 bridgehead atoms. The molecular weight excluding hydrogens is 260 g/mol. The standard InChI is InChI=1S/C12H16N2O.C6H6/c15-12(11-6-7-13-9-11)14-8-10-4-2-1-3-5-10;1-2-4-6-5-3-1/h1-5,11,13H,6-9H2,(H,14,15);1-6H/t11-;/m0./s1. The van der Waals surface area contributed by atoms with Crippen LogP contribution in [0.25, 0.3) is 0 Å². The molecule has 0 saturated carbocycles. The van der Waals surface area contributed by atoms with Crippen LogP contribution in [-0.4, -0.2) is 19.0 Å². The summed E-state index contributed by atoms with van der Waals surface area (Å²) < 4.78 is 0. The quantitative estimate of drug-likeness (QED) is 0.908. The van der Waals surface area contributed by atoms with E-state index in [-0.39, 0.29) is 11.8 Å². The van der Waals surface area contributed by atoms with Gasteiger partial charge in [0.05, 0.1) is 5.92 Å². The van der Waals surface area contributed by atoms with Crippen LogP contribution < -0.4 is 10.6 Å². The topological polar surface area (TPSA) is 41.1 Å². The van der Waals surface area contributed by atoms with Crippen LogP contribution >= 0.6 is 0 Å². The van der Waals surface area contributed by atoms with Gasteiger partial charge in [-0.15, -0.1) is 0 Å². The van der Waals surface area contributed by atoms with Crippen molar-refractivity contribution < 1.29 is 4.79 Å². The highest BCUT2D eigenvalue weighted by molar-refractivity contribution is 5.79. The summed E-state index contributed by atoms with van der Waals surface area (Å²) >= 11 is 0. The van der Waals surface area contributed by atoms with Crippen LogP contribution in [-0.2, 0) is 11.3 Å². The first-order valence-electron chi connectivity index (χ1n) is 7.38. The summed E-state index contributed by atoms with van der Waals surface area (Å²) in [5.41, 5.74) is 1.15. The van der Waals surface area contributed by atoms with Crippen LogP contribution in [0.4, 0.5) is 0 Å². The molecule has 0 spiro atoms. The van der Waals surface area contributed by atoms with Gasteiger partial charge in [-0.25, -0.2) is 0 Å². The van der Waals surface area contributed by atoms with Gasteiger partial charge in [0.15, 0.2) is 0 Å². The van der Waals surface area contributed by atoms with E-state index >= 15 is 0 Å². The number of carbonyl (C=O) groups excluding carboxylic acids is 1. The molecule has 1 amide bonds. The lowest BCUT2D eigenvalue weighted by molar-refractivity contribution is -0.124. The SMILES string of the molecule is O=C(NCc1ccccc1)[C@H]1CCNC1.c1ccccc1. The van der Waals surface area contributed by atoms with Crippen molar-refractivity contribution in [1.29, 1.82) is 0 Å². The summed E-state index contributed by atoms with van der Waals surface area (Å²) in [4.78, 5) is 11.7. The largest absolute Gasteiger partial charge is 0.352 e. The molecule has 0 radical (unpaired) electrons. The first-order valence-corrected chi connectivity index (χ1v) is 7.38. The average molecular weight is 282 g/mol. The highest BCUT2D eigenvalue weighted by Crippen LogP contribution is 2.07. The number of carbonyl (C=O) groups is 1. The maximum atomic E-state index is 11.7. The van der Waals surface area contributed by atoms with Gasteiger partial charge in [0, 0.05) is 13.1 Å². The van der Waals surface area contributed by atoms with Crippen LogP contribution in [0, 0.1) is 5.92 Å². The Morgan fingerprint density at radius 3 is 2.10 bits per heavy atom. The lowest BCUT2D eigenvalue weighted by atomic mass is 10.1. The van der Waals surface area contributed by atoms with Crippen molar-refractivity contribution in [2.45, 2.75) is 13.0 Å². The van der Waals surface area contributed by atoms with E-state index in [0.717, 1.165) is 25.1 Å². The van der Waals surface area contributed by atoms with Gasteiger partial charge in [-0.05, 0) is 18.5 Å². The zero-order chi connectivity index (χ0) is 14.8. The Hall–Kier alpha value is -2.13. The molecule has 1 aliphatic heterocycles. The van der Waals surface area contributed by atoms with Gasteiger partial charge < -0.3 is 10.6 Å². The molecule has 2 aromatic rings. The van der Waals surface area contributed by atoms with Gasteiger partial charge in [0.25, 0.3) is 0 Å². The van der Waals surface area contributed by atoms with E-state index in [1.54, 1.807) is 0 Å². The number of nitrogens with one attached hydrogen (secondary N) is 2. The molecule has 2 aromatic carbocycles. The molecule has 3 rings (SSSR count). The normalized spacial score (nSPS) is 16.7. The fraction of sp³-hybridized carbons (Fsp3) is 0.278. The lowest BCUT2D eigenvalue weighted by Crippen LogP contribution is -2.31. The molecule has 21 heavy (non-hydrogen) atoms. The number of rotatable bonds is 3. The second-order valence-electron chi connectivity index (χ2n) is 5.05. The minimum absolute atomic E-state index is 0.161. The maximum Gasteiger partial charge on any atom is 0.224 e. The maximum absolute atomic E-state index is 11.7. The van der Waals surface area contributed by atoms with E-state index in [2.05, 4.69) is 10.6 Å². The fourth-order valence-electron chi connectivity index (χ4n) is 2.19. The molecule has 0 aliphatic carbocycles. The van der Waals surface area contributed by atoms with Gasteiger partial charge in [0.1, 0.15) is 0 Å². The molecule has 3 heteroatoms. The third-order valence-corrected chi connectivity index (χ3v) is 3.41. The average Bonchev–Trinajstić information content (AvgIpc) is 3.10. The van der Waals surface area contributed by atoms with Crippen molar-refractivity contribution in [2.24, 2.45) is 5.92 Å². The highest BCUT2D eigenvalue weighted by Gasteiger charge is 2.21. The van der Waals surface area contributed by atoms with Gasteiger partial charge in [0.2, 0.25) is 5.91 Å². The molecular formula is C18H22N2O. The Kier molecular flexibility index (Phi) is 6.49. The van der Waals surface area contributed by atoms with E-state index in [4.69, 9.17) is 0 Å². The van der Waals surface area contributed by atoms with Crippen molar-refractivity contribution >= 4 is 5.91 Å². The molecule has 0 aromatic heterocycles. The fourth-order valence-corrected chi connectivity index (χ4v) is 2.19. The zero-order valence-corrected chi connectivity index (χ0v) is 12.2. The Labute approximate surface area is 126 Å². The van der Waals surface area contributed by atoms with Crippen molar-refractivity contribution in [2.75, 3.05) is 13.1 Å². The monoisotopic (exact) mass is 282 g/mol. The molecule has 110 valence electrons. The Bertz CT molecular complexity index is 481. The molecule has 3 nitrogen and oxygen atoms in total. The highest BCUT2D eigenvalue weighted by atomic mass is 16.1. The van der Waals surface area contributed by atoms with Gasteiger partial charge in [-0.2, -0.15) is 0 Å². The molecule has 1 saturated heterocycles. The van der Waals surface area contributed by atoms with Crippen LogP contribution in [0.15, 0.2) is 66.7 Å². The second-order valence-corrected chi connectivity index (χ2v) is 5.05. The van der Waals surface area contributed by atoms with E-state index in [1.807, 2.05) is 66.7 Å². The summed E-state index contributed by atoms with van der Waals surface area (Å²) in [6.45, 7) is 2.42. The number of hydrogen-bond acceptors (Lipinski definition) is 2. The number of hydrogen-bond donors (Lipinski definition) is 2. The summed E-state index contributed by atoms with van der Waals surface area (Å²) in [5, 5.41) is 6.15. The third kappa shape index (κ3) is 5.79. The Morgan fingerprint density at radius 1 is 1.00 bits per heavy atom. The van der Waals surface area contributed by atoms with E-state index in [9.17, 15) is 4.79 Å². The molecule has 0 unspecified atom stereocenters. The molecule has 1 atom stereocenters. The van der Waals surface area contributed by atoms with Crippen molar-refractivity contribution in [3.63, 3.8) is 0 Å². The first-order chi connectivity index (χ1) is 10.4. The summed E-state index contributed by atoms with van der Waals surface area (Å²) in [6.07, 6.45) is 0.959. The second kappa shape index (κ2) is 8.93. The van der Waals surface area contributed by atoms with Gasteiger partial charge in [-0.3, -0.25) is 4.79 Å². The zero-order valence-electron chi connectivity index (χ0n) is 12.2. The predicted molar refractivity (Wildman–Crippen MR) is 85.7 cm³/mol. The Morgan fingerprint density at radius 2 is 1.57 bits per heavy atom. The van der Waals surface area contributed by atoms with E-state index in [0.29, 0.717) is 6.54 Å². The van der Waals surface area contributed by atoms with Crippen LogP contribution in [0.5, 0.6) is 0 Å². The van der Waals surface area contributed by atoms with Crippen molar-refractivity contribution in [3.05, 3.63) is 72.3 Å². The number of benzene rings is 2. The molecule has 2 N–H and O–H groups in total. The third-order valence-electron chi connectivity index (χ3n) is 3.41. The molecule has 1 fully saturated rings. The van der Waals surface area contributed by atoms with Gasteiger partial charge >= 0.3 is 0 Å².